The fourth-order valence-corrected chi connectivity index (χ4v) is 1.61. The summed E-state index contributed by atoms with van der Waals surface area (Å²) in [6, 6.07) is 5.18. The third-order valence-electron chi connectivity index (χ3n) is 2.32. The lowest BCUT2D eigenvalue weighted by Gasteiger charge is -2.03. The Balaban J connectivity index is 1.70. The molecule has 6 nitrogen and oxygen atoms in total. The van der Waals surface area contributed by atoms with E-state index in [1.165, 1.54) is 12.5 Å². The lowest BCUT2D eigenvalue weighted by atomic mass is 10.3. The molecule has 3 aromatic rings. The summed E-state index contributed by atoms with van der Waals surface area (Å²) in [6.45, 7) is 0.146. The second-order valence-corrected chi connectivity index (χ2v) is 3.97. The average Bonchev–Trinajstić information content (AvgIpc) is 3.09. The van der Waals surface area contributed by atoms with Crippen molar-refractivity contribution in [2.24, 2.45) is 0 Å². The first-order valence-electron chi connectivity index (χ1n) is 5.41. The number of nitrogens with zero attached hydrogens (tertiary/aromatic N) is 3. The highest BCUT2D eigenvalue weighted by Crippen LogP contribution is 2.22. The van der Waals surface area contributed by atoms with Crippen LogP contribution < -0.4 is 4.74 Å². The van der Waals surface area contributed by atoms with Gasteiger partial charge in [-0.2, -0.15) is 4.98 Å². The zero-order valence-electron chi connectivity index (χ0n) is 9.62. The van der Waals surface area contributed by atoms with E-state index in [9.17, 15) is 0 Å². The van der Waals surface area contributed by atoms with Crippen LogP contribution in [0, 0.1) is 0 Å². The minimum Gasteiger partial charge on any atom is -0.482 e. The van der Waals surface area contributed by atoms with Gasteiger partial charge in [-0.15, -0.1) is 0 Å². The van der Waals surface area contributed by atoms with Crippen molar-refractivity contribution in [1.29, 1.82) is 0 Å². The van der Waals surface area contributed by atoms with E-state index in [0.29, 0.717) is 22.6 Å². The molecule has 19 heavy (non-hydrogen) atoms. The molecule has 96 valence electrons. The van der Waals surface area contributed by atoms with Gasteiger partial charge in [0.05, 0.1) is 11.8 Å². The predicted octanol–water partition coefficient (Wildman–Crippen LogP) is 2.96. The molecule has 0 aliphatic carbocycles. The van der Waals surface area contributed by atoms with Gasteiger partial charge in [0, 0.05) is 6.20 Å². The van der Waals surface area contributed by atoms with Crippen LogP contribution in [0.1, 0.15) is 5.82 Å². The Morgan fingerprint density at radius 1 is 1.32 bits per heavy atom. The van der Waals surface area contributed by atoms with Gasteiger partial charge in [-0.25, -0.2) is 4.98 Å². The Bertz CT molecular complexity index is 666. The molecule has 0 aliphatic heterocycles. The summed E-state index contributed by atoms with van der Waals surface area (Å²) < 4.78 is 15.5. The van der Waals surface area contributed by atoms with E-state index in [1.807, 2.05) is 0 Å². The summed E-state index contributed by atoms with van der Waals surface area (Å²) >= 11 is 5.86. The first-order chi connectivity index (χ1) is 9.33. The van der Waals surface area contributed by atoms with Gasteiger partial charge in [0.25, 0.3) is 5.89 Å². The van der Waals surface area contributed by atoms with Crippen molar-refractivity contribution in [2.45, 2.75) is 6.61 Å². The minimum absolute atomic E-state index is 0.146. The monoisotopic (exact) mass is 277 g/mol. The van der Waals surface area contributed by atoms with E-state index in [-0.39, 0.29) is 6.61 Å². The maximum atomic E-state index is 5.86. The molecule has 3 heterocycles. The van der Waals surface area contributed by atoms with Crippen LogP contribution in [-0.4, -0.2) is 15.1 Å². The van der Waals surface area contributed by atoms with Gasteiger partial charge >= 0.3 is 0 Å². The van der Waals surface area contributed by atoms with Crippen LogP contribution in [0.25, 0.3) is 11.5 Å². The van der Waals surface area contributed by atoms with Crippen LogP contribution in [-0.2, 0) is 6.61 Å². The Labute approximate surface area is 113 Å². The van der Waals surface area contributed by atoms with Crippen LogP contribution in [0.3, 0.4) is 0 Å². The molecule has 0 amide bonds. The van der Waals surface area contributed by atoms with Crippen molar-refractivity contribution in [3.05, 3.63) is 47.9 Å². The number of aromatic nitrogens is 3. The largest absolute Gasteiger partial charge is 0.482 e. The fourth-order valence-electron chi connectivity index (χ4n) is 1.44. The molecule has 0 unspecified atom stereocenters. The van der Waals surface area contributed by atoms with Gasteiger partial charge in [-0.05, 0) is 18.2 Å². The Kier molecular flexibility index (Phi) is 3.16. The highest BCUT2D eigenvalue weighted by Gasteiger charge is 2.11. The van der Waals surface area contributed by atoms with Crippen LogP contribution in [0.4, 0.5) is 0 Å². The molecule has 0 aliphatic rings. The number of hydrogen-bond donors (Lipinski definition) is 0. The third kappa shape index (κ3) is 2.58. The van der Waals surface area contributed by atoms with Crippen LogP contribution in [0.2, 0.25) is 5.15 Å². The summed E-state index contributed by atoms with van der Waals surface area (Å²) in [4.78, 5) is 8.07. The van der Waals surface area contributed by atoms with Crippen molar-refractivity contribution >= 4 is 11.6 Å². The van der Waals surface area contributed by atoms with Gasteiger partial charge < -0.3 is 13.7 Å². The maximum absolute atomic E-state index is 5.86. The van der Waals surface area contributed by atoms with E-state index in [1.54, 1.807) is 24.4 Å². The molecule has 0 spiro atoms. The van der Waals surface area contributed by atoms with Crippen LogP contribution in [0.15, 0.2) is 45.9 Å². The molecular formula is C12H8ClN3O3. The van der Waals surface area contributed by atoms with Gasteiger partial charge in [-0.3, -0.25) is 0 Å². The summed E-state index contributed by atoms with van der Waals surface area (Å²) in [7, 11) is 0. The Hall–Kier alpha value is -2.34. The summed E-state index contributed by atoms with van der Waals surface area (Å²) in [5, 5.41) is 4.09. The van der Waals surface area contributed by atoms with Crippen LogP contribution >= 0.6 is 11.6 Å². The lowest BCUT2D eigenvalue weighted by molar-refractivity contribution is 0.286. The van der Waals surface area contributed by atoms with E-state index in [0.717, 1.165) is 5.56 Å². The quantitative estimate of drug-likeness (QED) is 0.683. The molecule has 0 aromatic carbocycles. The first-order valence-corrected chi connectivity index (χ1v) is 5.79. The zero-order valence-corrected chi connectivity index (χ0v) is 10.4. The number of ether oxygens (including phenoxy) is 1. The smallest absolute Gasteiger partial charge is 0.261 e. The van der Waals surface area contributed by atoms with Gasteiger partial charge in [0.1, 0.15) is 6.26 Å². The molecule has 0 atom stereocenters. The number of hydrogen-bond acceptors (Lipinski definition) is 6. The lowest BCUT2D eigenvalue weighted by Crippen LogP contribution is -1.98. The van der Waals surface area contributed by atoms with Crippen molar-refractivity contribution < 1.29 is 13.7 Å². The van der Waals surface area contributed by atoms with Crippen molar-refractivity contribution in [3.63, 3.8) is 0 Å². The van der Waals surface area contributed by atoms with Gasteiger partial charge in [0.2, 0.25) is 5.82 Å². The third-order valence-corrected chi connectivity index (χ3v) is 2.60. The SMILES string of the molecule is Clc1ncccc1OCc1noc(-c2ccoc2)n1. The minimum atomic E-state index is 0.146. The number of furan rings is 1. The highest BCUT2D eigenvalue weighted by atomic mass is 35.5. The molecule has 0 radical (unpaired) electrons. The molecule has 0 bridgehead atoms. The highest BCUT2D eigenvalue weighted by molar-refractivity contribution is 6.30. The number of halogens is 1. The molecule has 0 N–H and O–H groups in total. The normalized spacial score (nSPS) is 10.6. The number of pyridine rings is 1. The summed E-state index contributed by atoms with van der Waals surface area (Å²) in [5.74, 6) is 1.26. The number of rotatable bonds is 4. The Morgan fingerprint density at radius 2 is 2.26 bits per heavy atom. The van der Waals surface area contributed by atoms with E-state index in [4.69, 9.17) is 25.3 Å². The van der Waals surface area contributed by atoms with Gasteiger partial charge in [0.15, 0.2) is 17.5 Å². The molecule has 3 rings (SSSR count). The molecule has 7 heteroatoms. The van der Waals surface area contributed by atoms with Crippen molar-refractivity contribution in [2.75, 3.05) is 0 Å². The fraction of sp³-hybridized carbons (Fsp3) is 0.0833. The van der Waals surface area contributed by atoms with E-state index < -0.39 is 0 Å². The molecule has 3 aromatic heterocycles. The van der Waals surface area contributed by atoms with E-state index >= 15 is 0 Å². The summed E-state index contributed by atoms with van der Waals surface area (Å²) in [5.41, 5.74) is 0.721. The maximum Gasteiger partial charge on any atom is 0.261 e. The van der Waals surface area contributed by atoms with Gasteiger partial charge in [-0.1, -0.05) is 16.8 Å². The van der Waals surface area contributed by atoms with Crippen molar-refractivity contribution in [3.8, 4) is 17.2 Å². The topological polar surface area (TPSA) is 74.2 Å². The van der Waals surface area contributed by atoms with Crippen molar-refractivity contribution in [1.82, 2.24) is 15.1 Å². The standard InChI is InChI=1S/C12H8ClN3O3/c13-11-9(2-1-4-14-11)18-7-10-15-12(19-16-10)8-3-5-17-6-8/h1-6H,7H2. The molecule has 0 fully saturated rings. The molecule has 0 saturated carbocycles. The second-order valence-electron chi connectivity index (χ2n) is 3.61. The molecule has 0 saturated heterocycles. The second kappa shape index (κ2) is 5.11. The average molecular weight is 278 g/mol. The van der Waals surface area contributed by atoms with E-state index in [2.05, 4.69) is 15.1 Å². The van der Waals surface area contributed by atoms with Crippen LogP contribution in [0.5, 0.6) is 5.75 Å². The Morgan fingerprint density at radius 3 is 3.05 bits per heavy atom. The summed E-state index contributed by atoms with van der Waals surface area (Å²) in [6.07, 6.45) is 4.64. The zero-order chi connectivity index (χ0) is 13.1. The molecular weight excluding hydrogens is 270 g/mol. The first kappa shape index (κ1) is 11.7. The predicted molar refractivity (Wildman–Crippen MR) is 65.6 cm³/mol.